The van der Waals surface area contributed by atoms with Crippen LogP contribution in [-0.4, -0.2) is 110 Å². The molecule has 142 valence electrons. The van der Waals surface area contributed by atoms with Gasteiger partial charge in [0.25, 0.3) is 0 Å². The highest BCUT2D eigenvalue weighted by Gasteiger charge is 2.53. The van der Waals surface area contributed by atoms with E-state index in [4.69, 9.17) is 14.6 Å². The summed E-state index contributed by atoms with van der Waals surface area (Å²) in [5.41, 5.74) is 0. The smallest absolute Gasteiger partial charge is 0.219 e. The molecule has 9 atom stereocenters. The van der Waals surface area contributed by atoms with Crippen molar-refractivity contribution in [2.45, 2.75) is 48.8 Å². The van der Waals surface area contributed by atoms with Gasteiger partial charge in [0.1, 0.15) is 31.0 Å². The van der Waals surface area contributed by atoms with Crippen molar-refractivity contribution in [3.63, 3.8) is 0 Å². The van der Waals surface area contributed by atoms with Crippen LogP contribution in [0.1, 0.15) is 6.42 Å². The van der Waals surface area contributed by atoms with Gasteiger partial charge in [-0.15, -0.1) is 0 Å². The fourth-order valence-corrected chi connectivity index (χ4v) is 3.27. The second-order valence-corrected chi connectivity index (χ2v) is 6.54. The lowest BCUT2D eigenvalue weighted by atomic mass is 9.76. The Morgan fingerprint density at radius 3 is 2.04 bits per heavy atom. The quantitative estimate of drug-likeness (QED) is 0.232. The third kappa shape index (κ3) is 3.73. The van der Waals surface area contributed by atoms with Gasteiger partial charge < -0.3 is 50.3 Å². The van der Waals surface area contributed by atoms with Crippen molar-refractivity contribution in [1.29, 1.82) is 0 Å². The molecule has 2 fully saturated rings. The van der Waals surface area contributed by atoms with Gasteiger partial charge in [0, 0.05) is 18.4 Å². The Morgan fingerprint density at radius 2 is 1.50 bits per heavy atom. The third-order valence-corrected chi connectivity index (χ3v) is 4.85. The van der Waals surface area contributed by atoms with Crippen LogP contribution in [0, 0.1) is 11.8 Å². The van der Waals surface area contributed by atoms with Crippen molar-refractivity contribution < 1.29 is 50.3 Å². The molecule has 1 aliphatic carbocycles. The Morgan fingerprint density at radius 1 is 0.875 bits per heavy atom. The molecule has 24 heavy (non-hydrogen) atoms. The Bertz CT molecular complexity index is 407. The van der Waals surface area contributed by atoms with Crippen LogP contribution in [-0.2, 0) is 9.47 Å². The Kier molecular flexibility index (Phi) is 6.53. The van der Waals surface area contributed by atoms with Crippen molar-refractivity contribution in [1.82, 2.24) is 0 Å². The van der Waals surface area contributed by atoms with Crippen LogP contribution in [0.2, 0.25) is 0 Å². The highest BCUT2D eigenvalue weighted by molar-refractivity contribution is 4.96. The first-order chi connectivity index (χ1) is 11.2. The summed E-state index contributed by atoms with van der Waals surface area (Å²) in [5, 5.41) is 77.3. The minimum absolute atomic E-state index is 0.139. The van der Waals surface area contributed by atoms with E-state index in [-0.39, 0.29) is 19.6 Å². The van der Waals surface area contributed by atoms with Gasteiger partial charge in [-0.2, -0.15) is 0 Å². The Hall–Kier alpha value is -0.400. The molecule has 10 heteroatoms. The number of hydrogen-bond acceptors (Lipinski definition) is 10. The van der Waals surface area contributed by atoms with E-state index in [1.807, 2.05) is 0 Å². The molecule has 1 saturated heterocycles. The average molecular weight is 354 g/mol. The van der Waals surface area contributed by atoms with E-state index >= 15 is 0 Å². The predicted octanol–water partition coefficient (Wildman–Crippen LogP) is -4.48. The predicted molar refractivity (Wildman–Crippen MR) is 76.4 cm³/mol. The van der Waals surface area contributed by atoms with Gasteiger partial charge >= 0.3 is 0 Å². The SMILES string of the molecule is OC[C@H]1C[C@H](COC[C@]2(O)O[C@H](CO)[C@@H](O)[C@@H]2O)[C@H](O)[C@@H](O)[C@@H]1O. The molecule has 0 radical (unpaired) electrons. The van der Waals surface area contributed by atoms with Crippen molar-refractivity contribution >= 4 is 0 Å². The van der Waals surface area contributed by atoms with Gasteiger partial charge in [-0.3, -0.25) is 0 Å². The maximum Gasteiger partial charge on any atom is 0.219 e. The zero-order valence-corrected chi connectivity index (χ0v) is 13.0. The van der Waals surface area contributed by atoms with E-state index in [1.165, 1.54) is 0 Å². The molecule has 8 N–H and O–H groups in total. The van der Waals surface area contributed by atoms with E-state index in [1.54, 1.807) is 0 Å². The second kappa shape index (κ2) is 7.87. The topological polar surface area (TPSA) is 180 Å². The summed E-state index contributed by atoms with van der Waals surface area (Å²) < 4.78 is 10.3. The van der Waals surface area contributed by atoms with Gasteiger partial charge in [-0.25, -0.2) is 0 Å². The number of aliphatic hydroxyl groups excluding tert-OH is 7. The zero-order chi connectivity index (χ0) is 18.1. The van der Waals surface area contributed by atoms with Crippen molar-refractivity contribution in [2.75, 3.05) is 26.4 Å². The molecule has 0 bridgehead atoms. The van der Waals surface area contributed by atoms with E-state index in [0.29, 0.717) is 0 Å². The standard InChI is InChI=1S/C14H26O10/c15-2-6-1-7(10(18)12(20)9(6)17)4-23-5-14(22)13(21)11(19)8(3-16)24-14/h6-13,15-22H,1-5H2/t6-,7-,8-,9-,10+,11-,12+,13+,14+/m1/s1. The first kappa shape index (κ1) is 19.9. The molecule has 1 aliphatic heterocycles. The van der Waals surface area contributed by atoms with Gasteiger partial charge in [0.15, 0.2) is 0 Å². The number of ether oxygens (including phenoxy) is 2. The fraction of sp³-hybridized carbons (Fsp3) is 1.00. The molecular formula is C14H26O10. The molecule has 0 spiro atoms. The lowest BCUT2D eigenvalue weighted by molar-refractivity contribution is -0.259. The Balaban J connectivity index is 1.89. The summed E-state index contributed by atoms with van der Waals surface area (Å²) in [6.45, 7) is -1.63. The van der Waals surface area contributed by atoms with Gasteiger partial charge in [-0.1, -0.05) is 0 Å². The third-order valence-electron chi connectivity index (χ3n) is 4.85. The van der Waals surface area contributed by atoms with Crippen molar-refractivity contribution in [2.24, 2.45) is 11.8 Å². The minimum Gasteiger partial charge on any atom is -0.396 e. The normalized spacial score (nSPS) is 49.5. The summed E-state index contributed by atoms with van der Waals surface area (Å²) in [7, 11) is 0. The summed E-state index contributed by atoms with van der Waals surface area (Å²) >= 11 is 0. The van der Waals surface area contributed by atoms with Crippen LogP contribution in [0.15, 0.2) is 0 Å². The molecular weight excluding hydrogens is 328 g/mol. The molecule has 0 unspecified atom stereocenters. The molecule has 0 aromatic carbocycles. The average Bonchev–Trinajstić information content (AvgIpc) is 2.79. The monoisotopic (exact) mass is 354 g/mol. The zero-order valence-electron chi connectivity index (χ0n) is 13.0. The van der Waals surface area contributed by atoms with Crippen LogP contribution >= 0.6 is 0 Å². The molecule has 10 nitrogen and oxygen atoms in total. The Labute approximate surface area is 138 Å². The molecule has 1 heterocycles. The lowest BCUT2D eigenvalue weighted by Crippen LogP contribution is -2.53. The van der Waals surface area contributed by atoms with Crippen LogP contribution in [0.3, 0.4) is 0 Å². The van der Waals surface area contributed by atoms with Crippen LogP contribution in [0.4, 0.5) is 0 Å². The van der Waals surface area contributed by atoms with Crippen molar-refractivity contribution in [3.8, 4) is 0 Å². The van der Waals surface area contributed by atoms with Gasteiger partial charge in [-0.05, 0) is 6.42 Å². The summed E-state index contributed by atoms with van der Waals surface area (Å²) in [6.07, 6.45) is -8.05. The molecule has 2 rings (SSSR count). The fourth-order valence-electron chi connectivity index (χ4n) is 3.27. The number of rotatable bonds is 6. The van der Waals surface area contributed by atoms with Crippen LogP contribution in [0.5, 0.6) is 0 Å². The van der Waals surface area contributed by atoms with E-state index in [9.17, 15) is 35.7 Å². The molecule has 2 aliphatic rings. The highest BCUT2D eigenvalue weighted by Crippen LogP contribution is 2.32. The number of hydrogen-bond donors (Lipinski definition) is 8. The maximum atomic E-state index is 10.2. The number of aliphatic hydroxyl groups is 8. The van der Waals surface area contributed by atoms with E-state index in [2.05, 4.69) is 0 Å². The van der Waals surface area contributed by atoms with Gasteiger partial charge in [0.05, 0.1) is 25.4 Å². The molecule has 0 aromatic rings. The first-order valence-corrected chi connectivity index (χ1v) is 7.85. The lowest BCUT2D eigenvalue weighted by Gasteiger charge is -2.40. The van der Waals surface area contributed by atoms with Crippen LogP contribution < -0.4 is 0 Å². The molecule has 0 aromatic heterocycles. The second-order valence-electron chi connectivity index (χ2n) is 6.54. The van der Waals surface area contributed by atoms with Crippen molar-refractivity contribution in [3.05, 3.63) is 0 Å². The largest absolute Gasteiger partial charge is 0.396 e. The van der Waals surface area contributed by atoms with E-state index in [0.717, 1.165) is 0 Å². The van der Waals surface area contributed by atoms with E-state index < -0.39 is 67.5 Å². The molecule has 0 amide bonds. The highest BCUT2D eigenvalue weighted by atomic mass is 16.7. The molecule has 1 saturated carbocycles. The minimum atomic E-state index is -2.21. The summed E-state index contributed by atoms with van der Waals surface area (Å²) in [4.78, 5) is 0. The summed E-state index contributed by atoms with van der Waals surface area (Å²) in [6, 6.07) is 0. The van der Waals surface area contributed by atoms with Crippen LogP contribution in [0.25, 0.3) is 0 Å². The summed E-state index contributed by atoms with van der Waals surface area (Å²) in [5.74, 6) is -3.43. The maximum absolute atomic E-state index is 10.2. The van der Waals surface area contributed by atoms with Gasteiger partial charge in [0.2, 0.25) is 5.79 Å². The first-order valence-electron chi connectivity index (χ1n) is 7.85.